The minimum atomic E-state index is -0.917. The number of benzene rings is 1. The average Bonchev–Trinajstić information content (AvgIpc) is 2.26. The molecule has 0 unspecified atom stereocenters. The van der Waals surface area contributed by atoms with E-state index < -0.39 is 11.6 Å². The third-order valence-corrected chi connectivity index (χ3v) is 3.36. The van der Waals surface area contributed by atoms with Crippen molar-refractivity contribution in [3.05, 3.63) is 47.0 Å². The first-order valence-electron chi connectivity index (χ1n) is 6.16. The van der Waals surface area contributed by atoms with E-state index in [1.54, 1.807) is 6.08 Å². The fourth-order valence-electron chi connectivity index (χ4n) is 2.15. The Kier molecular flexibility index (Phi) is 5.18. The Morgan fingerprint density at radius 3 is 2.58 bits per heavy atom. The Labute approximate surface area is 123 Å². The smallest absolute Gasteiger partial charge is 0.408 e. The summed E-state index contributed by atoms with van der Waals surface area (Å²) in [6.07, 6.45) is 1.42. The fourth-order valence-corrected chi connectivity index (χ4v) is 2.57. The molecule has 0 aliphatic heterocycles. The summed E-state index contributed by atoms with van der Waals surface area (Å²) >= 11 is 3.43. The first-order valence-corrected chi connectivity index (χ1v) is 6.95. The van der Waals surface area contributed by atoms with Crippen LogP contribution >= 0.6 is 15.9 Å². The number of hydrogen-bond donors (Lipinski definition) is 1. The number of nitrogens with zero attached hydrogens (tertiary/aromatic N) is 1. The van der Waals surface area contributed by atoms with Crippen LogP contribution in [0, 0.1) is 0 Å². The van der Waals surface area contributed by atoms with Gasteiger partial charge in [0.25, 0.3) is 0 Å². The Balaban J connectivity index is 3.25. The van der Waals surface area contributed by atoms with E-state index in [1.165, 1.54) is 4.90 Å². The lowest BCUT2D eigenvalue weighted by molar-refractivity contribution is 0.0704. The Bertz CT molecular complexity index is 465. The second-order valence-electron chi connectivity index (χ2n) is 5.42. The maximum atomic E-state index is 11.6. The first-order chi connectivity index (χ1) is 8.77. The van der Waals surface area contributed by atoms with Gasteiger partial charge in [0.15, 0.2) is 0 Å². The maximum absolute atomic E-state index is 11.6. The lowest BCUT2D eigenvalue weighted by Gasteiger charge is -2.39. The SMILES string of the molecule is C=CC[C@@H](c1cccc(Br)c1)N(C(=O)O)C(C)(C)C. The van der Waals surface area contributed by atoms with Gasteiger partial charge < -0.3 is 5.11 Å². The third-order valence-electron chi connectivity index (χ3n) is 2.86. The molecule has 1 amide bonds. The number of carboxylic acid groups (broad SMARTS) is 1. The number of rotatable bonds is 4. The molecule has 0 saturated heterocycles. The lowest BCUT2D eigenvalue weighted by Crippen LogP contribution is -2.47. The lowest BCUT2D eigenvalue weighted by atomic mass is 9.96. The Morgan fingerprint density at radius 1 is 1.53 bits per heavy atom. The van der Waals surface area contributed by atoms with E-state index in [0.29, 0.717) is 6.42 Å². The molecule has 0 heterocycles. The molecule has 0 aliphatic carbocycles. The van der Waals surface area contributed by atoms with Crippen LogP contribution in [0.2, 0.25) is 0 Å². The van der Waals surface area contributed by atoms with E-state index in [-0.39, 0.29) is 6.04 Å². The minimum Gasteiger partial charge on any atom is -0.465 e. The minimum absolute atomic E-state index is 0.229. The van der Waals surface area contributed by atoms with Crippen LogP contribution < -0.4 is 0 Å². The van der Waals surface area contributed by atoms with Gasteiger partial charge in [-0.05, 0) is 44.9 Å². The van der Waals surface area contributed by atoms with Crippen LogP contribution in [-0.2, 0) is 0 Å². The van der Waals surface area contributed by atoms with Crippen LogP contribution in [-0.4, -0.2) is 21.6 Å². The molecule has 0 fully saturated rings. The summed E-state index contributed by atoms with van der Waals surface area (Å²) in [4.78, 5) is 13.1. The summed E-state index contributed by atoms with van der Waals surface area (Å²) in [5.74, 6) is 0. The summed E-state index contributed by atoms with van der Waals surface area (Å²) < 4.78 is 0.943. The van der Waals surface area contributed by atoms with Crippen molar-refractivity contribution in [3.8, 4) is 0 Å². The molecule has 0 aliphatic rings. The predicted molar refractivity (Wildman–Crippen MR) is 81.3 cm³/mol. The monoisotopic (exact) mass is 325 g/mol. The van der Waals surface area contributed by atoms with E-state index in [0.717, 1.165) is 10.0 Å². The van der Waals surface area contributed by atoms with Gasteiger partial charge in [0.1, 0.15) is 0 Å². The maximum Gasteiger partial charge on any atom is 0.408 e. The summed E-state index contributed by atoms with van der Waals surface area (Å²) in [6.45, 7) is 9.43. The number of hydrogen-bond acceptors (Lipinski definition) is 1. The van der Waals surface area contributed by atoms with Crippen molar-refractivity contribution in [1.82, 2.24) is 4.90 Å². The van der Waals surface area contributed by atoms with Gasteiger partial charge in [0.05, 0.1) is 6.04 Å². The molecular formula is C15H20BrNO2. The molecule has 1 N–H and O–H groups in total. The van der Waals surface area contributed by atoms with Gasteiger partial charge >= 0.3 is 6.09 Å². The topological polar surface area (TPSA) is 40.5 Å². The van der Waals surface area contributed by atoms with Gasteiger partial charge in [-0.1, -0.05) is 34.1 Å². The van der Waals surface area contributed by atoms with E-state index in [4.69, 9.17) is 0 Å². The number of amides is 1. The van der Waals surface area contributed by atoms with Crippen molar-refractivity contribution < 1.29 is 9.90 Å². The number of carbonyl (C=O) groups is 1. The average molecular weight is 326 g/mol. The molecule has 1 rings (SSSR count). The summed E-state index contributed by atoms with van der Waals surface area (Å²) in [7, 11) is 0. The molecular weight excluding hydrogens is 306 g/mol. The first kappa shape index (κ1) is 15.8. The van der Waals surface area contributed by atoms with Crippen LogP contribution in [0.5, 0.6) is 0 Å². The zero-order chi connectivity index (χ0) is 14.6. The zero-order valence-electron chi connectivity index (χ0n) is 11.6. The van der Waals surface area contributed by atoms with Crippen molar-refractivity contribution >= 4 is 22.0 Å². The molecule has 3 nitrogen and oxygen atoms in total. The van der Waals surface area contributed by atoms with Crippen molar-refractivity contribution in [3.63, 3.8) is 0 Å². The molecule has 1 aromatic rings. The van der Waals surface area contributed by atoms with Gasteiger partial charge in [0.2, 0.25) is 0 Å². The van der Waals surface area contributed by atoms with Gasteiger partial charge in [-0.3, -0.25) is 4.90 Å². The highest BCUT2D eigenvalue weighted by Crippen LogP contribution is 2.32. The van der Waals surface area contributed by atoms with Crippen LogP contribution in [0.15, 0.2) is 41.4 Å². The Hall–Kier alpha value is -1.29. The van der Waals surface area contributed by atoms with Gasteiger partial charge in [0, 0.05) is 10.0 Å². The highest BCUT2D eigenvalue weighted by atomic mass is 79.9. The summed E-state index contributed by atoms with van der Waals surface area (Å²) in [6, 6.07) is 7.51. The fraction of sp³-hybridized carbons (Fsp3) is 0.400. The van der Waals surface area contributed by atoms with Crippen molar-refractivity contribution in [2.45, 2.75) is 38.8 Å². The summed E-state index contributed by atoms with van der Waals surface area (Å²) in [5, 5.41) is 9.52. The Morgan fingerprint density at radius 2 is 2.16 bits per heavy atom. The molecule has 0 saturated carbocycles. The molecule has 0 bridgehead atoms. The van der Waals surface area contributed by atoms with Gasteiger partial charge in [-0.15, -0.1) is 6.58 Å². The zero-order valence-corrected chi connectivity index (χ0v) is 13.1. The quantitative estimate of drug-likeness (QED) is 0.804. The van der Waals surface area contributed by atoms with Crippen LogP contribution in [0.4, 0.5) is 4.79 Å². The second-order valence-corrected chi connectivity index (χ2v) is 6.33. The molecule has 0 spiro atoms. The van der Waals surface area contributed by atoms with Gasteiger partial charge in [-0.25, -0.2) is 4.79 Å². The molecule has 4 heteroatoms. The molecule has 104 valence electrons. The van der Waals surface area contributed by atoms with Gasteiger partial charge in [-0.2, -0.15) is 0 Å². The third kappa shape index (κ3) is 4.10. The molecule has 0 aromatic heterocycles. The highest BCUT2D eigenvalue weighted by Gasteiger charge is 2.33. The second kappa shape index (κ2) is 6.24. The van der Waals surface area contributed by atoms with Crippen molar-refractivity contribution in [2.24, 2.45) is 0 Å². The number of halogens is 1. The predicted octanol–water partition coefficient (Wildman–Crippen LogP) is 4.84. The largest absolute Gasteiger partial charge is 0.465 e. The van der Waals surface area contributed by atoms with Crippen molar-refractivity contribution in [1.29, 1.82) is 0 Å². The molecule has 1 aromatic carbocycles. The van der Waals surface area contributed by atoms with Crippen LogP contribution in [0.1, 0.15) is 38.8 Å². The van der Waals surface area contributed by atoms with E-state index in [2.05, 4.69) is 22.5 Å². The molecule has 0 radical (unpaired) electrons. The molecule has 1 atom stereocenters. The normalized spacial score (nSPS) is 12.8. The highest BCUT2D eigenvalue weighted by molar-refractivity contribution is 9.10. The van der Waals surface area contributed by atoms with E-state index in [1.807, 2.05) is 45.0 Å². The molecule has 19 heavy (non-hydrogen) atoms. The van der Waals surface area contributed by atoms with Crippen molar-refractivity contribution in [2.75, 3.05) is 0 Å². The standard InChI is InChI=1S/C15H20BrNO2/c1-5-7-13(11-8-6-9-12(16)10-11)17(14(18)19)15(2,3)4/h5-6,8-10,13H,1,7H2,2-4H3,(H,18,19)/t13-/m0/s1. The van der Waals surface area contributed by atoms with E-state index >= 15 is 0 Å². The van der Waals surface area contributed by atoms with Crippen LogP contribution in [0.3, 0.4) is 0 Å². The summed E-state index contributed by atoms with van der Waals surface area (Å²) in [5.41, 5.74) is 0.494. The van der Waals surface area contributed by atoms with Crippen LogP contribution in [0.25, 0.3) is 0 Å². The van der Waals surface area contributed by atoms with E-state index in [9.17, 15) is 9.90 Å².